The summed E-state index contributed by atoms with van der Waals surface area (Å²) >= 11 is 0. The van der Waals surface area contributed by atoms with Gasteiger partial charge in [-0.2, -0.15) is 23.0 Å². The molecule has 0 aliphatic rings. The third kappa shape index (κ3) is 4.17. The highest BCUT2D eigenvalue weighted by Gasteiger charge is 2.46. The highest BCUT2D eigenvalue weighted by molar-refractivity contribution is 5.54. The van der Waals surface area contributed by atoms with Gasteiger partial charge in [-0.3, -0.25) is 4.98 Å². The molecule has 0 atom stereocenters. The Balaban J connectivity index is 2.65. The van der Waals surface area contributed by atoms with Crippen LogP contribution in [0.5, 0.6) is 0 Å². The molecular formula is C16H20F3N3O3. The molecule has 25 heavy (non-hydrogen) atoms. The molecule has 2 heterocycles. The molecule has 0 aliphatic carbocycles. The molecular weight excluding hydrogens is 339 g/mol. The van der Waals surface area contributed by atoms with E-state index in [1.807, 2.05) is 0 Å². The number of rotatable bonds is 8. The van der Waals surface area contributed by atoms with E-state index in [-0.39, 0.29) is 25.5 Å². The second-order valence-electron chi connectivity index (χ2n) is 4.86. The van der Waals surface area contributed by atoms with E-state index in [0.717, 1.165) is 6.07 Å². The maximum Gasteiger partial charge on any atom is 0.433 e. The van der Waals surface area contributed by atoms with Gasteiger partial charge in [-0.05, 0) is 39.0 Å². The van der Waals surface area contributed by atoms with E-state index in [1.54, 1.807) is 39.0 Å². The van der Waals surface area contributed by atoms with Crippen LogP contribution in [0.4, 0.5) is 13.2 Å². The largest absolute Gasteiger partial charge is 0.433 e. The molecule has 9 heteroatoms. The van der Waals surface area contributed by atoms with E-state index in [4.69, 9.17) is 14.2 Å². The van der Waals surface area contributed by atoms with Crippen molar-refractivity contribution in [2.45, 2.75) is 33.0 Å². The van der Waals surface area contributed by atoms with Gasteiger partial charge in [0, 0.05) is 6.20 Å². The summed E-state index contributed by atoms with van der Waals surface area (Å²) in [5.74, 6) is 0. The molecule has 0 unspecified atom stereocenters. The predicted octanol–water partition coefficient (Wildman–Crippen LogP) is 3.64. The molecule has 2 aromatic heterocycles. The molecule has 0 amide bonds. The third-order valence-electron chi connectivity index (χ3n) is 3.17. The lowest BCUT2D eigenvalue weighted by Gasteiger charge is -2.33. The normalized spacial score (nSPS) is 12.6. The lowest BCUT2D eigenvalue weighted by molar-refractivity contribution is -0.440. The highest BCUT2D eigenvalue weighted by Crippen LogP contribution is 2.36. The van der Waals surface area contributed by atoms with Crippen LogP contribution in [0.2, 0.25) is 0 Å². The van der Waals surface area contributed by atoms with E-state index in [1.165, 1.54) is 6.20 Å². The fourth-order valence-corrected chi connectivity index (χ4v) is 2.29. The SMILES string of the molecule is CCOC(OCC)(OCC)n1nc(-c2ccccn2)cc1C(F)(F)F. The van der Waals surface area contributed by atoms with Crippen LogP contribution in [0.25, 0.3) is 11.4 Å². The van der Waals surface area contributed by atoms with Gasteiger partial charge in [0.15, 0.2) is 5.69 Å². The highest BCUT2D eigenvalue weighted by atomic mass is 19.4. The number of halogens is 3. The molecule has 0 saturated heterocycles. The lowest BCUT2D eigenvalue weighted by atomic mass is 10.2. The molecule has 0 spiro atoms. The number of nitrogens with zero attached hydrogens (tertiary/aromatic N) is 3. The average Bonchev–Trinajstić information content (AvgIpc) is 3.02. The Morgan fingerprint density at radius 1 is 0.960 bits per heavy atom. The van der Waals surface area contributed by atoms with Crippen molar-refractivity contribution in [3.63, 3.8) is 0 Å². The van der Waals surface area contributed by atoms with Gasteiger partial charge < -0.3 is 14.2 Å². The molecule has 2 rings (SSSR count). The van der Waals surface area contributed by atoms with Gasteiger partial charge in [0.2, 0.25) is 0 Å². The van der Waals surface area contributed by atoms with E-state index in [0.29, 0.717) is 10.4 Å². The zero-order valence-electron chi connectivity index (χ0n) is 14.2. The summed E-state index contributed by atoms with van der Waals surface area (Å²) < 4.78 is 57.6. The van der Waals surface area contributed by atoms with Crippen LogP contribution in [-0.4, -0.2) is 34.6 Å². The van der Waals surface area contributed by atoms with E-state index >= 15 is 0 Å². The second kappa shape index (κ2) is 7.94. The Morgan fingerprint density at radius 3 is 2.00 bits per heavy atom. The van der Waals surface area contributed by atoms with Gasteiger partial charge in [0.05, 0.1) is 25.5 Å². The van der Waals surface area contributed by atoms with Crippen molar-refractivity contribution in [1.82, 2.24) is 14.8 Å². The first-order chi connectivity index (χ1) is 11.9. The Kier molecular flexibility index (Phi) is 6.15. The lowest BCUT2D eigenvalue weighted by Crippen LogP contribution is -2.45. The Hall–Kier alpha value is -1.97. The predicted molar refractivity (Wildman–Crippen MR) is 83.3 cm³/mol. The van der Waals surface area contributed by atoms with E-state index in [2.05, 4.69) is 10.1 Å². The standard InChI is InChI=1S/C16H20F3N3O3/c1-4-23-16(24-5-2,25-6-3)22-14(15(17,18)19)11-13(21-22)12-9-7-8-10-20-12/h7-11H,4-6H2,1-3H3. The van der Waals surface area contributed by atoms with Crippen molar-refractivity contribution >= 4 is 0 Å². The molecule has 6 nitrogen and oxygen atoms in total. The summed E-state index contributed by atoms with van der Waals surface area (Å²) in [5, 5.41) is 4.03. The van der Waals surface area contributed by atoms with Crippen LogP contribution < -0.4 is 0 Å². The molecule has 0 fully saturated rings. The topological polar surface area (TPSA) is 58.4 Å². The Bertz CT molecular complexity index is 657. The maximum atomic E-state index is 13.6. The molecule has 0 saturated carbocycles. The minimum atomic E-state index is -4.68. The van der Waals surface area contributed by atoms with Crippen molar-refractivity contribution in [2.75, 3.05) is 19.8 Å². The fourth-order valence-electron chi connectivity index (χ4n) is 2.29. The monoisotopic (exact) mass is 359 g/mol. The molecule has 138 valence electrons. The van der Waals surface area contributed by atoms with E-state index in [9.17, 15) is 13.2 Å². The number of pyridine rings is 1. The minimum Gasteiger partial charge on any atom is -0.308 e. The smallest absolute Gasteiger partial charge is 0.308 e. The zero-order chi connectivity index (χ0) is 18.5. The van der Waals surface area contributed by atoms with Crippen LogP contribution in [0.1, 0.15) is 26.5 Å². The number of aromatic nitrogens is 3. The number of ether oxygens (including phenoxy) is 3. The summed E-state index contributed by atoms with van der Waals surface area (Å²) in [5.41, 5.74) is -0.718. The van der Waals surface area contributed by atoms with Crippen molar-refractivity contribution in [2.24, 2.45) is 0 Å². The van der Waals surface area contributed by atoms with Crippen molar-refractivity contribution < 1.29 is 27.4 Å². The summed E-state index contributed by atoms with van der Waals surface area (Å²) in [6.07, 6.45) is -5.31. The van der Waals surface area contributed by atoms with Gasteiger partial charge >= 0.3 is 12.3 Å². The fraction of sp³-hybridized carbons (Fsp3) is 0.500. The minimum absolute atomic E-state index is 0.0383. The molecule has 0 aliphatic heterocycles. The first kappa shape index (κ1) is 19.4. The first-order valence-electron chi connectivity index (χ1n) is 7.89. The van der Waals surface area contributed by atoms with Crippen molar-refractivity contribution in [1.29, 1.82) is 0 Å². The molecule has 0 N–H and O–H groups in total. The summed E-state index contributed by atoms with van der Waals surface area (Å²) in [7, 11) is 0. The van der Waals surface area contributed by atoms with E-state index < -0.39 is 18.0 Å². The van der Waals surface area contributed by atoms with Crippen molar-refractivity contribution in [3.8, 4) is 11.4 Å². The van der Waals surface area contributed by atoms with Gasteiger partial charge in [-0.25, -0.2) is 0 Å². The van der Waals surface area contributed by atoms with Gasteiger partial charge in [-0.15, -0.1) is 0 Å². The summed E-state index contributed by atoms with van der Waals surface area (Å²) in [4.78, 5) is 4.04. The van der Waals surface area contributed by atoms with Gasteiger partial charge in [0.1, 0.15) is 5.69 Å². The van der Waals surface area contributed by atoms with Crippen LogP contribution in [0.3, 0.4) is 0 Å². The summed E-state index contributed by atoms with van der Waals surface area (Å²) in [6, 6.07) is 5.79. The van der Waals surface area contributed by atoms with Crippen LogP contribution in [0.15, 0.2) is 30.5 Å². The van der Waals surface area contributed by atoms with Crippen LogP contribution >= 0.6 is 0 Å². The van der Waals surface area contributed by atoms with Crippen molar-refractivity contribution in [3.05, 3.63) is 36.2 Å². The quantitative estimate of drug-likeness (QED) is 0.674. The number of hydrogen-bond donors (Lipinski definition) is 0. The third-order valence-corrected chi connectivity index (χ3v) is 3.17. The van der Waals surface area contributed by atoms with Crippen LogP contribution in [-0.2, 0) is 26.5 Å². The number of alkyl halides is 3. The second-order valence-corrected chi connectivity index (χ2v) is 4.86. The molecule has 0 bridgehead atoms. The molecule has 0 aromatic carbocycles. The summed E-state index contributed by atoms with van der Waals surface area (Å²) in [6.45, 7) is 5.08. The molecule has 2 aromatic rings. The Labute approximate surface area is 143 Å². The first-order valence-corrected chi connectivity index (χ1v) is 7.89. The number of hydrogen-bond acceptors (Lipinski definition) is 5. The zero-order valence-corrected chi connectivity index (χ0v) is 14.2. The Morgan fingerprint density at radius 2 is 1.56 bits per heavy atom. The van der Waals surface area contributed by atoms with Gasteiger partial charge in [-0.1, -0.05) is 6.07 Å². The van der Waals surface area contributed by atoms with Gasteiger partial charge in [0.25, 0.3) is 0 Å². The average molecular weight is 359 g/mol. The molecule has 0 radical (unpaired) electrons. The maximum absolute atomic E-state index is 13.6. The van der Waals surface area contributed by atoms with Crippen LogP contribution in [0, 0.1) is 0 Å².